The van der Waals surface area contributed by atoms with Crippen LogP contribution >= 0.6 is 12.2 Å². The standard InChI is InChI=1S/C14H14N2O3S/c1-4-5-16-13(18)11(12(17)15-14(16)20)7-10-6-8(2)19-9(10)3/h4,6-7H,1,5H2,2-3H3,(H,15,17,20)/b11-7-. The van der Waals surface area contributed by atoms with Crippen LogP contribution in [0.1, 0.15) is 17.1 Å². The van der Waals surface area contributed by atoms with Crippen molar-refractivity contribution in [2.75, 3.05) is 6.54 Å². The Morgan fingerprint density at radius 2 is 2.15 bits per heavy atom. The molecule has 1 fully saturated rings. The fourth-order valence-electron chi connectivity index (χ4n) is 1.94. The predicted molar refractivity (Wildman–Crippen MR) is 78.8 cm³/mol. The normalized spacial score (nSPS) is 17.6. The Morgan fingerprint density at radius 3 is 2.70 bits per heavy atom. The van der Waals surface area contributed by atoms with Gasteiger partial charge >= 0.3 is 0 Å². The van der Waals surface area contributed by atoms with Crippen LogP contribution in [0.25, 0.3) is 6.08 Å². The third kappa shape index (κ3) is 2.55. The molecule has 0 unspecified atom stereocenters. The number of aryl methyl sites for hydroxylation is 2. The minimum Gasteiger partial charge on any atom is -0.466 e. The van der Waals surface area contributed by atoms with Crippen LogP contribution in [-0.4, -0.2) is 28.4 Å². The van der Waals surface area contributed by atoms with Gasteiger partial charge in [-0.2, -0.15) is 0 Å². The molecule has 1 N–H and O–H groups in total. The lowest BCUT2D eigenvalue weighted by atomic mass is 10.1. The van der Waals surface area contributed by atoms with Crippen LogP contribution in [0, 0.1) is 13.8 Å². The Kier molecular flexibility index (Phi) is 3.85. The van der Waals surface area contributed by atoms with Gasteiger partial charge in [-0.3, -0.25) is 19.8 Å². The Labute approximate surface area is 121 Å². The maximum atomic E-state index is 12.3. The third-order valence-corrected chi connectivity index (χ3v) is 3.20. The minimum atomic E-state index is -0.501. The van der Waals surface area contributed by atoms with E-state index in [1.807, 2.05) is 0 Å². The van der Waals surface area contributed by atoms with Crippen molar-refractivity contribution in [3.8, 4) is 0 Å². The molecule has 2 amide bonds. The van der Waals surface area contributed by atoms with E-state index in [2.05, 4.69) is 11.9 Å². The van der Waals surface area contributed by atoms with E-state index in [1.165, 1.54) is 11.0 Å². The second-order valence-corrected chi connectivity index (χ2v) is 4.78. The highest BCUT2D eigenvalue weighted by Gasteiger charge is 2.32. The summed E-state index contributed by atoms with van der Waals surface area (Å²) in [4.78, 5) is 25.5. The number of rotatable bonds is 3. The number of amides is 2. The molecule has 0 spiro atoms. The van der Waals surface area contributed by atoms with Gasteiger partial charge in [0.05, 0.1) is 0 Å². The number of nitrogens with one attached hydrogen (secondary N) is 1. The quantitative estimate of drug-likeness (QED) is 0.398. The first-order chi connectivity index (χ1) is 9.43. The van der Waals surface area contributed by atoms with E-state index in [0.29, 0.717) is 11.3 Å². The summed E-state index contributed by atoms with van der Waals surface area (Å²) in [5.74, 6) is 0.436. The molecule has 1 aliphatic rings. The Morgan fingerprint density at radius 1 is 1.45 bits per heavy atom. The summed E-state index contributed by atoms with van der Waals surface area (Å²) in [5, 5.41) is 2.59. The smallest absolute Gasteiger partial charge is 0.265 e. The second-order valence-electron chi connectivity index (χ2n) is 4.39. The molecular formula is C14H14N2O3S. The summed E-state index contributed by atoms with van der Waals surface area (Å²) in [6, 6.07) is 1.77. The van der Waals surface area contributed by atoms with Gasteiger partial charge in [0.25, 0.3) is 11.8 Å². The molecule has 1 aliphatic heterocycles. The van der Waals surface area contributed by atoms with E-state index in [9.17, 15) is 9.59 Å². The van der Waals surface area contributed by atoms with Crippen LogP contribution in [0.15, 0.2) is 28.7 Å². The van der Waals surface area contributed by atoms with E-state index < -0.39 is 11.8 Å². The first kappa shape index (κ1) is 14.2. The Hall–Kier alpha value is -2.21. The fourth-order valence-corrected chi connectivity index (χ4v) is 2.19. The van der Waals surface area contributed by atoms with Gasteiger partial charge in [-0.25, -0.2) is 0 Å². The van der Waals surface area contributed by atoms with Crippen molar-refractivity contribution in [3.05, 3.63) is 41.4 Å². The van der Waals surface area contributed by atoms with E-state index in [-0.39, 0.29) is 17.2 Å². The zero-order chi connectivity index (χ0) is 14.9. The molecule has 6 heteroatoms. The van der Waals surface area contributed by atoms with Crippen LogP contribution in [0.5, 0.6) is 0 Å². The fraction of sp³-hybridized carbons (Fsp3) is 0.214. The number of thiocarbonyl (C=S) groups is 1. The topological polar surface area (TPSA) is 62.6 Å². The highest BCUT2D eigenvalue weighted by atomic mass is 32.1. The van der Waals surface area contributed by atoms with Gasteiger partial charge in [0.1, 0.15) is 17.1 Å². The van der Waals surface area contributed by atoms with Gasteiger partial charge in [0.2, 0.25) is 0 Å². The first-order valence-corrected chi connectivity index (χ1v) is 6.41. The van der Waals surface area contributed by atoms with Gasteiger partial charge in [0, 0.05) is 12.1 Å². The molecule has 2 rings (SSSR count). The zero-order valence-electron chi connectivity index (χ0n) is 11.2. The molecule has 0 bridgehead atoms. The maximum Gasteiger partial charge on any atom is 0.265 e. The third-order valence-electron chi connectivity index (χ3n) is 2.88. The number of carbonyl (C=O) groups is 2. The summed E-state index contributed by atoms with van der Waals surface area (Å²) in [7, 11) is 0. The minimum absolute atomic E-state index is 0.0318. The monoisotopic (exact) mass is 290 g/mol. The lowest BCUT2D eigenvalue weighted by Crippen LogP contribution is -2.53. The van der Waals surface area contributed by atoms with Gasteiger partial charge < -0.3 is 4.42 Å². The summed E-state index contributed by atoms with van der Waals surface area (Å²) in [6.07, 6.45) is 3.06. The summed E-state index contributed by atoms with van der Waals surface area (Å²) < 4.78 is 5.38. The largest absolute Gasteiger partial charge is 0.466 e. The van der Waals surface area contributed by atoms with Crippen molar-refractivity contribution in [2.45, 2.75) is 13.8 Å². The number of hydrogen-bond acceptors (Lipinski definition) is 4. The number of nitrogens with zero attached hydrogens (tertiary/aromatic N) is 1. The first-order valence-electron chi connectivity index (χ1n) is 6.01. The number of carbonyl (C=O) groups excluding carboxylic acids is 2. The SMILES string of the molecule is C=CCN1C(=O)/C(=C\c2cc(C)oc2C)C(=O)NC1=S. The van der Waals surface area contributed by atoms with Crippen LogP contribution in [0.3, 0.4) is 0 Å². The van der Waals surface area contributed by atoms with Crippen molar-refractivity contribution in [1.82, 2.24) is 10.2 Å². The average Bonchev–Trinajstić information content (AvgIpc) is 2.68. The molecule has 0 atom stereocenters. The van der Waals surface area contributed by atoms with Crippen molar-refractivity contribution >= 4 is 35.2 Å². The van der Waals surface area contributed by atoms with Crippen LogP contribution in [-0.2, 0) is 9.59 Å². The summed E-state index contributed by atoms with van der Waals surface area (Å²) >= 11 is 4.97. The van der Waals surface area contributed by atoms with Gasteiger partial charge in [-0.1, -0.05) is 6.08 Å². The van der Waals surface area contributed by atoms with Crippen molar-refractivity contribution in [2.24, 2.45) is 0 Å². The molecule has 20 heavy (non-hydrogen) atoms. The molecule has 0 aliphatic carbocycles. The molecule has 2 heterocycles. The molecule has 0 radical (unpaired) electrons. The lowest BCUT2D eigenvalue weighted by Gasteiger charge is -2.27. The van der Waals surface area contributed by atoms with Gasteiger partial charge in [-0.15, -0.1) is 6.58 Å². The van der Waals surface area contributed by atoms with Crippen LogP contribution in [0.4, 0.5) is 0 Å². The summed E-state index contributed by atoms with van der Waals surface area (Å²) in [5.41, 5.74) is 0.733. The van der Waals surface area contributed by atoms with E-state index in [1.54, 1.807) is 26.0 Å². The predicted octanol–water partition coefficient (Wildman–Crippen LogP) is 1.71. The average molecular weight is 290 g/mol. The van der Waals surface area contributed by atoms with Crippen LogP contribution in [0.2, 0.25) is 0 Å². The Balaban J connectivity index is 2.41. The highest BCUT2D eigenvalue weighted by Crippen LogP contribution is 2.19. The van der Waals surface area contributed by atoms with E-state index in [0.717, 1.165) is 5.76 Å². The molecule has 1 aromatic heterocycles. The molecule has 1 saturated heterocycles. The molecule has 5 nitrogen and oxygen atoms in total. The second kappa shape index (κ2) is 5.42. The van der Waals surface area contributed by atoms with E-state index in [4.69, 9.17) is 16.6 Å². The van der Waals surface area contributed by atoms with Crippen LogP contribution < -0.4 is 5.32 Å². The molecular weight excluding hydrogens is 276 g/mol. The molecule has 104 valence electrons. The molecule has 1 aromatic rings. The number of hydrogen-bond donors (Lipinski definition) is 1. The molecule has 0 saturated carbocycles. The zero-order valence-corrected chi connectivity index (χ0v) is 12.0. The number of furan rings is 1. The van der Waals surface area contributed by atoms with Crippen molar-refractivity contribution < 1.29 is 14.0 Å². The van der Waals surface area contributed by atoms with E-state index >= 15 is 0 Å². The lowest BCUT2D eigenvalue weighted by molar-refractivity contribution is -0.128. The van der Waals surface area contributed by atoms with Crippen molar-refractivity contribution in [1.29, 1.82) is 0 Å². The maximum absolute atomic E-state index is 12.3. The highest BCUT2D eigenvalue weighted by molar-refractivity contribution is 7.80. The summed E-state index contributed by atoms with van der Waals surface area (Å²) in [6.45, 7) is 7.39. The van der Waals surface area contributed by atoms with Gasteiger partial charge in [-0.05, 0) is 38.2 Å². The van der Waals surface area contributed by atoms with Gasteiger partial charge in [0.15, 0.2) is 5.11 Å². The Bertz CT molecular complexity index is 643. The van der Waals surface area contributed by atoms with Crippen molar-refractivity contribution in [3.63, 3.8) is 0 Å². The molecule has 0 aromatic carbocycles.